The average molecular weight is 271 g/mol. The zero-order valence-electron chi connectivity index (χ0n) is 11.0. The summed E-state index contributed by atoms with van der Waals surface area (Å²) in [5, 5.41) is 6.11. The van der Waals surface area contributed by atoms with Crippen molar-refractivity contribution in [2.24, 2.45) is 0 Å². The summed E-state index contributed by atoms with van der Waals surface area (Å²) < 4.78 is 26.8. The fourth-order valence-corrected chi connectivity index (χ4v) is 2.98. The summed E-state index contributed by atoms with van der Waals surface area (Å²) in [6.07, 6.45) is 0. The monoisotopic (exact) mass is 271 g/mol. The van der Waals surface area contributed by atoms with Gasteiger partial charge in [-0.2, -0.15) is 0 Å². The Labute approximate surface area is 109 Å². The number of nitrogens with one attached hydrogen (secondary N) is 3. The average Bonchev–Trinajstić information content (AvgIpc) is 2.28. The van der Waals surface area contributed by atoms with Crippen molar-refractivity contribution in [1.29, 1.82) is 0 Å². The lowest BCUT2D eigenvalue weighted by molar-refractivity contribution is 0.570. The van der Waals surface area contributed by atoms with Crippen LogP contribution >= 0.6 is 0 Å². The summed E-state index contributed by atoms with van der Waals surface area (Å²) in [5.41, 5.74) is 0.626. The third-order valence-electron chi connectivity index (χ3n) is 2.26. The molecule has 0 atom stereocenters. The van der Waals surface area contributed by atoms with Crippen LogP contribution in [0.1, 0.15) is 13.8 Å². The first-order valence-electron chi connectivity index (χ1n) is 5.97. The second-order valence-corrected chi connectivity index (χ2v) is 5.98. The molecule has 0 spiro atoms. The molecule has 0 aliphatic carbocycles. The maximum absolute atomic E-state index is 12.1. The molecule has 0 bridgehead atoms. The molecule has 102 valence electrons. The predicted octanol–water partition coefficient (Wildman–Crippen LogP) is 1.00. The Morgan fingerprint density at radius 3 is 2.44 bits per heavy atom. The van der Waals surface area contributed by atoms with Crippen LogP contribution in [-0.2, 0) is 10.0 Å². The molecule has 18 heavy (non-hydrogen) atoms. The molecule has 3 N–H and O–H groups in total. The van der Waals surface area contributed by atoms with Crippen LogP contribution in [0, 0.1) is 0 Å². The summed E-state index contributed by atoms with van der Waals surface area (Å²) in [6, 6.07) is 6.78. The topological polar surface area (TPSA) is 70.2 Å². The van der Waals surface area contributed by atoms with Crippen molar-refractivity contribution in [3.63, 3.8) is 0 Å². The van der Waals surface area contributed by atoms with Gasteiger partial charge in [0.15, 0.2) is 0 Å². The lowest BCUT2D eigenvalue weighted by Crippen LogP contribution is -2.31. The summed E-state index contributed by atoms with van der Waals surface area (Å²) in [7, 11) is -1.61. The largest absolute Gasteiger partial charge is 0.383 e. The molecule has 5 nitrogen and oxygen atoms in total. The standard InChI is InChI=1S/C12H21N3O2S/c1-10(2)15-18(16,17)12-7-5-4-6-11(12)14-9-8-13-3/h4-7,10,13-15H,8-9H2,1-3H3. The van der Waals surface area contributed by atoms with Gasteiger partial charge in [-0.3, -0.25) is 0 Å². The Bertz CT molecular complexity index is 472. The molecule has 1 rings (SSSR count). The quantitative estimate of drug-likeness (QED) is 0.647. The minimum Gasteiger partial charge on any atom is -0.383 e. The number of hydrogen-bond donors (Lipinski definition) is 3. The summed E-state index contributed by atoms with van der Waals surface area (Å²) in [5.74, 6) is 0. The summed E-state index contributed by atoms with van der Waals surface area (Å²) in [4.78, 5) is 0.287. The molecule has 1 aromatic carbocycles. The highest BCUT2D eigenvalue weighted by Gasteiger charge is 2.18. The fraction of sp³-hybridized carbons (Fsp3) is 0.500. The molecule has 0 saturated carbocycles. The highest BCUT2D eigenvalue weighted by atomic mass is 32.2. The molecule has 0 heterocycles. The van der Waals surface area contributed by atoms with Crippen LogP contribution in [0.15, 0.2) is 29.2 Å². The lowest BCUT2D eigenvalue weighted by Gasteiger charge is -2.14. The molecule has 1 aromatic rings. The number of para-hydroxylation sites is 1. The SMILES string of the molecule is CNCCNc1ccccc1S(=O)(=O)NC(C)C. The maximum Gasteiger partial charge on any atom is 0.242 e. The van der Waals surface area contributed by atoms with Gasteiger partial charge in [0.05, 0.1) is 5.69 Å². The first-order valence-corrected chi connectivity index (χ1v) is 7.45. The normalized spacial score (nSPS) is 11.8. The van der Waals surface area contributed by atoms with E-state index in [2.05, 4.69) is 15.4 Å². The molecule has 0 fully saturated rings. The van der Waals surface area contributed by atoms with E-state index in [1.54, 1.807) is 32.0 Å². The van der Waals surface area contributed by atoms with E-state index in [9.17, 15) is 8.42 Å². The minimum absolute atomic E-state index is 0.125. The highest BCUT2D eigenvalue weighted by Crippen LogP contribution is 2.20. The number of anilines is 1. The van der Waals surface area contributed by atoms with Crippen LogP contribution in [0.4, 0.5) is 5.69 Å². The number of hydrogen-bond acceptors (Lipinski definition) is 4. The third-order valence-corrected chi connectivity index (χ3v) is 3.97. The highest BCUT2D eigenvalue weighted by molar-refractivity contribution is 7.89. The van der Waals surface area contributed by atoms with Gasteiger partial charge in [0.1, 0.15) is 4.90 Å². The number of benzene rings is 1. The van der Waals surface area contributed by atoms with Crippen LogP contribution < -0.4 is 15.4 Å². The molecule has 0 amide bonds. The van der Waals surface area contributed by atoms with Crippen LogP contribution in [0.3, 0.4) is 0 Å². The molecular weight excluding hydrogens is 250 g/mol. The van der Waals surface area contributed by atoms with Crippen molar-refractivity contribution in [2.45, 2.75) is 24.8 Å². The van der Waals surface area contributed by atoms with E-state index in [0.29, 0.717) is 12.2 Å². The van der Waals surface area contributed by atoms with E-state index in [-0.39, 0.29) is 10.9 Å². The Morgan fingerprint density at radius 2 is 1.83 bits per heavy atom. The van der Waals surface area contributed by atoms with Gasteiger partial charge >= 0.3 is 0 Å². The molecule has 0 aromatic heterocycles. The molecule has 0 saturated heterocycles. The molecule has 6 heteroatoms. The van der Waals surface area contributed by atoms with Gasteiger partial charge < -0.3 is 10.6 Å². The van der Waals surface area contributed by atoms with Crippen molar-refractivity contribution in [1.82, 2.24) is 10.0 Å². The molecule has 0 radical (unpaired) electrons. The Balaban J connectivity index is 2.94. The molecule has 0 aliphatic heterocycles. The Hall–Kier alpha value is -1.11. The number of rotatable bonds is 7. The summed E-state index contributed by atoms with van der Waals surface area (Å²) in [6.45, 7) is 5.04. The van der Waals surface area contributed by atoms with Crippen LogP contribution in [0.25, 0.3) is 0 Å². The van der Waals surface area contributed by atoms with Crippen molar-refractivity contribution < 1.29 is 8.42 Å². The first kappa shape index (κ1) is 14.9. The van der Waals surface area contributed by atoms with Gasteiger partial charge in [0, 0.05) is 19.1 Å². The fourth-order valence-electron chi connectivity index (χ4n) is 1.54. The van der Waals surface area contributed by atoms with Crippen molar-refractivity contribution in [3.8, 4) is 0 Å². The second-order valence-electron chi connectivity index (χ2n) is 4.30. The second kappa shape index (κ2) is 6.72. The molecule has 0 unspecified atom stereocenters. The van der Waals surface area contributed by atoms with E-state index >= 15 is 0 Å². The van der Waals surface area contributed by atoms with Crippen molar-refractivity contribution in [2.75, 3.05) is 25.5 Å². The van der Waals surface area contributed by atoms with Gasteiger partial charge in [0.2, 0.25) is 10.0 Å². The van der Waals surface area contributed by atoms with Gasteiger partial charge in [-0.25, -0.2) is 13.1 Å². The van der Waals surface area contributed by atoms with E-state index in [1.807, 2.05) is 13.1 Å². The number of sulfonamides is 1. The first-order chi connectivity index (χ1) is 8.47. The van der Waals surface area contributed by atoms with Crippen molar-refractivity contribution in [3.05, 3.63) is 24.3 Å². The van der Waals surface area contributed by atoms with Gasteiger partial charge in [-0.1, -0.05) is 12.1 Å². The van der Waals surface area contributed by atoms with Crippen LogP contribution in [-0.4, -0.2) is 34.6 Å². The lowest BCUT2D eigenvalue weighted by atomic mass is 10.3. The van der Waals surface area contributed by atoms with E-state index in [4.69, 9.17) is 0 Å². The van der Waals surface area contributed by atoms with Gasteiger partial charge in [-0.15, -0.1) is 0 Å². The summed E-state index contributed by atoms with van der Waals surface area (Å²) >= 11 is 0. The molecular formula is C12H21N3O2S. The number of likely N-dealkylation sites (N-methyl/N-ethyl adjacent to an activating group) is 1. The van der Waals surface area contributed by atoms with E-state index < -0.39 is 10.0 Å². The Kier molecular flexibility index (Phi) is 5.58. The van der Waals surface area contributed by atoms with Gasteiger partial charge in [-0.05, 0) is 33.0 Å². The molecule has 0 aliphatic rings. The zero-order valence-corrected chi connectivity index (χ0v) is 11.8. The van der Waals surface area contributed by atoms with Crippen LogP contribution in [0.2, 0.25) is 0 Å². The van der Waals surface area contributed by atoms with Gasteiger partial charge in [0.25, 0.3) is 0 Å². The van der Waals surface area contributed by atoms with Crippen molar-refractivity contribution >= 4 is 15.7 Å². The van der Waals surface area contributed by atoms with E-state index in [1.165, 1.54) is 0 Å². The predicted molar refractivity (Wildman–Crippen MR) is 74.3 cm³/mol. The van der Waals surface area contributed by atoms with Crippen LogP contribution in [0.5, 0.6) is 0 Å². The smallest absolute Gasteiger partial charge is 0.242 e. The Morgan fingerprint density at radius 1 is 1.17 bits per heavy atom. The minimum atomic E-state index is -3.46. The third kappa shape index (κ3) is 4.29. The zero-order chi connectivity index (χ0) is 13.6. The maximum atomic E-state index is 12.1. The van der Waals surface area contributed by atoms with E-state index in [0.717, 1.165) is 6.54 Å².